The molecule has 0 radical (unpaired) electrons. The zero-order valence-corrected chi connectivity index (χ0v) is 18.7. The minimum absolute atomic E-state index is 0.0842. The third kappa shape index (κ3) is 5.09. The van der Waals surface area contributed by atoms with Crippen molar-refractivity contribution in [2.24, 2.45) is 5.73 Å². The lowest BCUT2D eigenvalue weighted by Gasteiger charge is -2.14. The summed E-state index contributed by atoms with van der Waals surface area (Å²) in [6, 6.07) is 13.8. The lowest BCUT2D eigenvalue weighted by Crippen LogP contribution is -2.31. The molecule has 8 heteroatoms. The van der Waals surface area contributed by atoms with Gasteiger partial charge in [-0.05, 0) is 30.5 Å². The number of hydrogen-bond acceptors (Lipinski definition) is 7. The summed E-state index contributed by atoms with van der Waals surface area (Å²) in [4.78, 5) is 26.3. The predicted molar refractivity (Wildman–Crippen MR) is 130 cm³/mol. The average molecular weight is 447 g/mol. The molecule has 4 N–H and O–H groups in total. The Hall–Kier alpha value is -3.36. The molecule has 0 unspecified atom stereocenters. The average Bonchev–Trinajstić information content (AvgIpc) is 3.26. The zero-order valence-electron chi connectivity index (χ0n) is 17.9. The number of amides is 1. The standard InChI is InChI=1S/C24H26N6OS/c1-2-10-27-24(31)19-15-32-21-20(19)29-22(17-8-11-26-12-9-17)30-23(21)28-14-18(25)13-16-6-4-3-5-7-16/h3-9,11-12,15,18H,2,10,13-14,25H2,1H3,(H,27,31)(H,28,29,30)/t18-/m0/s1. The number of carbonyl (C=O) groups is 1. The largest absolute Gasteiger partial charge is 0.367 e. The molecule has 3 aromatic heterocycles. The van der Waals surface area contributed by atoms with E-state index >= 15 is 0 Å². The molecule has 0 aliphatic rings. The first-order valence-corrected chi connectivity index (χ1v) is 11.5. The van der Waals surface area contributed by atoms with Gasteiger partial charge in [0.15, 0.2) is 5.82 Å². The van der Waals surface area contributed by atoms with Gasteiger partial charge in [-0.25, -0.2) is 9.97 Å². The Labute approximate surface area is 191 Å². The lowest BCUT2D eigenvalue weighted by atomic mass is 10.1. The van der Waals surface area contributed by atoms with Crippen LogP contribution in [-0.2, 0) is 6.42 Å². The van der Waals surface area contributed by atoms with E-state index in [0.717, 1.165) is 23.1 Å². The van der Waals surface area contributed by atoms with E-state index in [4.69, 9.17) is 15.7 Å². The van der Waals surface area contributed by atoms with Crippen LogP contribution in [0.25, 0.3) is 21.6 Å². The quantitative estimate of drug-likeness (QED) is 0.360. The van der Waals surface area contributed by atoms with Gasteiger partial charge in [-0.2, -0.15) is 0 Å². The van der Waals surface area contributed by atoms with Crippen molar-refractivity contribution < 1.29 is 4.79 Å². The first kappa shape index (κ1) is 21.9. The van der Waals surface area contributed by atoms with E-state index in [0.29, 0.717) is 35.8 Å². The third-order valence-corrected chi connectivity index (χ3v) is 5.98. The Kier molecular flexibility index (Phi) is 7.03. The van der Waals surface area contributed by atoms with Crippen LogP contribution in [0, 0.1) is 0 Å². The van der Waals surface area contributed by atoms with Crippen molar-refractivity contribution >= 4 is 33.3 Å². The molecule has 0 aliphatic carbocycles. The minimum Gasteiger partial charge on any atom is -0.367 e. The molecular formula is C24H26N6OS. The molecule has 0 saturated carbocycles. The molecule has 4 rings (SSSR count). The summed E-state index contributed by atoms with van der Waals surface area (Å²) in [6.07, 6.45) is 5.04. The number of hydrogen-bond donors (Lipinski definition) is 3. The SMILES string of the molecule is CCCNC(=O)c1csc2c(NC[C@@H](N)Cc3ccccc3)nc(-c3ccncc3)nc12. The number of rotatable bonds is 9. The summed E-state index contributed by atoms with van der Waals surface area (Å²) < 4.78 is 0.844. The highest BCUT2D eigenvalue weighted by Crippen LogP contribution is 2.32. The van der Waals surface area contributed by atoms with Crippen LogP contribution in [-0.4, -0.2) is 40.0 Å². The molecule has 1 amide bonds. The number of pyridine rings is 1. The van der Waals surface area contributed by atoms with E-state index < -0.39 is 0 Å². The minimum atomic E-state index is -0.121. The monoisotopic (exact) mass is 446 g/mol. The number of nitrogens with one attached hydrogen (secondary N) is 2. The Morgan fingerprint density at radius 2 is 1.91 bits per heavy atom. The van der Waals surface area contributed by atoms with Gasteiger partial charge in [-0.1, -0.05) is 37.3 Å². The molecule has 0 aliphatic heterocycles. The molecule has 164 valence electrons. The number of thiophene rings is 1. The Morgan fingerprint density at radius 1 is 1.12 bits per heavy atom. The molecule has 32 heavy (non-hydrogen) atoms. The van der Waals surface area contributed by atoms with Crippen LogP contribution < -0.4 is 16.4 Å². The van der Waals surface area contributed by atoms with Gasteiger partial charge in [-0.3, -0.25) is 9.78 Å². The first-order valence-electron chi connectivity index (χ1n) is 10.7. The maximum atomic E-state index is 12.7. The van der Waals surface area contributed by atoms with Crippen molar-refractivity contribution in [3.8, 4) is 11.4 Å². The van der Waals surface area contributed by atoms with Crippen LogP contribution in [0.3, 0.4) is 0 Å². The number of fused-ring (bicyclic) bond motifs is 1. The molecule has 0 spiro atoms. The molecule has 1 aromatic carbocycles. The maximum Gasteiger partial charge on any atom is 0.254 e. The van der Waals surface area contributed by atoms with Gasteiger partial charge in [-0.15, -0.1) is 11.3 Å². The molecule has 0 fully saturated rings. The number of benzene rings is 1. The number of anilines is 1. The van der Waals surface area contributed by atoms with E-state index in [1.165, 1.54) is 16.9 Å². The fourth-order valence-corrected chi connectivity index (χ4v) is 4.33. The van der Waals surface area contributed by atoms with Crippen molar-refractivity contribution in [1.29, 1.82) is 0 Å². The predicted octanol–water partition coefficient (Wildman–Crippen LogP) is 3.88. The van der Waals surface area contributed by atoms with E-state index in [-0.39, 0.29) is 11.9 Å². The molecule has 1 atom stereocenters. The van der Waals surface area contributed by atoms with Crippen molar-refractivity contribution in [3.05, 3.63) is 71.4 Å². The summed E-state index contributed by atoms with van der Waals surface area (Å²) in [5, 5.41) is 8.18. The van der Waals surface area contributed by atoms with Crippen molar-refractivity contribution in [2.45, 2.75) is 25.8 Å². The topological polar surface area (TPSA) is 106 Å². The van der Waals surface area contributed by atoms with Crippen LogP contribution in [0.2, 0.25) is 0 Å². The molecule has 3 heterocycles. The number of nitrogens with two attached hydrogens (primary N) is 1. The van der Waals surface area contributed by atoms with Crippen molar-refractivity contribution in [1.82, 2.24) is 20.3 Å². The second kappa shape index (κ2) is 10.3. The van der Waals surface area contributed by atoms with Gasteiger partial charge >= 0.3 is 0 Å². The van der Waals surface area contributed by atoms with Gasteiger partial charge in [0.2, 0.25) is 0 Å². The smallest absolute Gasteiger partial charge is 0.254 e. The van der Waals surface area contributed by atoms with Gasteiger partial charge in [0.05, 0.1) is 10.3 Å². The molecular weight excluding hydrogens is 420 g/mol. The third-order valence-electron chi connectivity index (χ3n) is 5.01. The fraction of sp³-hybridized carbons (Fsp3) is 0.250. The second-order valence-electron chi connectivity index (χ2n) is 7.55. The Morgan fingerprint density at radius 3 is 2.66 bits per heavy atom. The van der Waals surface area contributed by atoms with Crippen LogP contribution >= 0.6 is 11.3 Å². The highest BCUT2D eigenvalue weighted by atomic mass is 32.1. The van der Waals surface area contributed by atoms with Crippen molar-refractivity contribution in [3.63, 3.8) is 0 Å². The number of nitrogens with zero attached hydrogens (tertiary/aromatic N) is 3. The second-order valence-corrected chi connectivity index (χ2v) is 8.43. The van der Waals surface area contributed by atoms with Crippen LogP contribution in [0.1, 0.15) is 29.3 Å². The molecule has 7 nitrogen and oxygen atoms in total. The van der Waals surface area contributed by atoms with Crippen LogP contribution in [0.5, 0.6) is 0 Å². The highest BCUT2D eigenvalue weighted by Gasteiger charge is 2.19. The fourth-order valence-electron chi connectivity index (χ4n) is 3.38. The normalized spacial score (nSPS) is 11.9. The highest BCUT2D eigenvalue weighted by molar-refractivity contribution is 7.18. The summed E-state index contributed by atoms with van der Waals surface area (Å²) >= 11 is 1.46. The van der Waals surface area contributed by atoms with Gasteiger partial charge < -0.3 is 16.4 Å². The summed E-state index contributed by atoms with van der Waals surface area (Å²) in [6.45, 7) is 3.19. The lowest BCUT2D eigenvalue weighted by molar-refractivity contribution is 0.0955. The van der Waals surface area contributed by atoms with E-state index in [1.807, 2.05) is 42.6 Å². The maximum absolute atomic E-state index is 12.7. The van der Waals surface area contributed by atoms with Crippen molar-refractivity contribution in [2.75, 3.05) is 18.4 Å². The Balaban J connectivity index is 1.64. The molecule has 4 aromatic rings. The zero-order chi connectivity index (χ0) is 22.3. The first-order chi connectivity index (χ1) is 15.7. The van der Waals surface area contributed by atoms with Gasteiger partial charge in [0, 0.05) is 42.5 Å². The molecule has 0 bridgehead atoms. The molecule has 0 saturated heterocycles. The summed E-state index contributed by atoms with van der Waals surface area (Å²) in [7, 11) is 0. The number of carbonyl (C=O) groups excluding carboxylic acids is 1. The Bertz CT molecular complexity index is 1180. The van der Waals surface area contributed by atoms with Crippen LogP contribution in [0.15, 0.2) is 60.2 Å². The summed E-state index contributed by atoms with van der Waals surface area (Å²) in [5.74, 6) is 1.11. The van der Waals surface area contributed by atoms with E-state index in [1.54, 1.807) is 12.4 Å². The van der Waals surface area contributed by atoms with Gasteiger partial charge in [0.25, 0.3) is 5.91 Å². The summed E-state index contributed by atoms with van der Waals surface area (Å²) in [5.41, 5.74) is 9.62. The van der Waals surface area contributed by atoms with E-state index in [9.17, 15) is 4.79 Å². The van der Waals surface area contributed by atoms with Crippen LogP contribution in [0.4, 0.5) is 5.82 Å². The number of aromatic nitrogens is 3. The van der Waals surface area contributed by atoms with Gasteiger partial charge in [0.1, 0.15) is 11.3 Å². The van der Waals surface area contributed by atoms with E-state index in [2.05, 4.69) is 27.8 Å².